The molecule has 0 saturated heterocycles. The van der Waals surface area contributed by atoms with Gasteiger partial charge in [-0.25, -0.2) is 4.57 Å². The zero-order valence-corrected chi connectivity index (χ0v) is 6.50. The lowest BCUT2D eigenvalue weighted by atomic mass is 11.8. The van der Waals surface area contributed by atoms with Gasteiger partial charge >= 0.3 is 18.2 Å². The van der Waals surface area contributed by atoms with E-state index in [4.69, 9.17) is 9.45 Å². The van der Waals surface area contributed by atoms with Gasteiger partial charge in [-0.3, -0.25) is 9.08 Å². The highest BCUT2D eigenvalue weighted by molar-refractivity contribution is 7.85. The smallest absolute Gasteiger partial charge is 0.302 e. The third-order valence-electron chi connectivity index (χ3n) is 0.419. The molecule has 0 aromatic rings. The van der Waals surface area contributed by atoms with E-state index in [1.807, 2.05) is 0 Å². The first-order valence-corrected chi connectivity index (χ1v) is 4.70. The summed E-state index contributed by atoms with van der Waals surface area (Å²) in [6.07, 6.45) is 0. The van der Waals surface area contributed by atoms with E-state index in [-0.39, 0.29) is 0 Å². The summed E-state index contributed by atoms with van der Waals surface area (Å²) in [4.78, 5) is 8.23. The fourth-order valence-electron chi connectivity index (χ4n) is 0.149. The summed E-state index contributed by atoms with van der Waals surface area (Å²) in [5.41, 5.74) is 0. The van der Waals surface area contributed by atoms with E-state index >= 15 is 0 Å². The summed E-state index contributed by atoms with van der Waals surface area (Å²) in [7, 11) is -8.81. The van der Waals surface area contributed by atoms with Gasteiger partial charge in [-0.15, -0.1) is 3.97 Å². The van der Waals surface area contributed by atoms with Gasteiger partial charge in [0.05, 0.1) is 0 Å². The Balaban J connectivity index is 4.32. The molecule has 2 N–H and O–H groups in total. The van der Waals surface area contributed by atoms with Crippen molar-refractivity contribution in [3.05, 3.63) is 0 Å². The topological polar surface area (TPSA) is 110 Å². The molecule has 10 heavy (non-hydrogen) atoms. The predicted molar refractivity (Wildman–Crippen MR) is 29.5 cm³/mol. The second kappa shape index (κ2) is 2.95. The molecule has 0 aromatic carbocycles. The maximum absolute atomic E-state index is 10.2. The van der Waals surface area contributed by atoms with Crippen LogP contribution >= 0.6 is 7.82 Å². The van der Waals surface area contributed by atoms with Crippen molar-refractivity contribution in [2.75, 3.05) is 7.11 Å². The molecule has 0 aliphatic rings. The summed E-state index contributed by atoms with van der Waals surface area (Å²) >= 11 is 0. The minimum Gasteiger partial charge on any atom is -0.302 e. The molecule has 7 nitrogen and oxygen atoms in total. The number of rotatable bonds is 3. The molecule has 9 heteroatoms. The van der Waals surface area contributed by atoms with Crippen LogP contribution in [0.1, 0.15) is 0 Å². The van der Waals surface area contributed by atoms with E-state index < -0.39 is 18.2 Å². The van der Waals surface area contributed by atoms with Gasteiger partial charge in [0.25, 0.3) is 0 Å². The highest BCUT2D eigenvalue weighted by Gasteiger charge is 2.26. The molecule has 0 bridgehead atoms. The summed E-state index contributed by atoms with van der Waals surface area (Å²) < 4.78 is 44.3. The van der Waals surface area contributed by atoms with Gasteiger partial charge in [-0.05, 0) is 0 Å². The van der Waals surface area contributed by atoms with Crippen molar-refractivity contribution in [1.82, 2.24) is 0 Å². The first kappa shape index (κ1) is 10.0. The molecule has 0 spiro atoms. The number of hydrogen-bond acceptors (Lipinski definition) is 5. The minimum atomic E-state index is -4.93. The second-order valence-electron chi connectivity index (χ2n) is 1.15. The molecule has 0 aliphatic heterocycles. The normalized spacial score (nSPS) is 18.3. The van der Waals surface area contributed by atoms with Gasteiger partial charge in [-0.2, -0.15) is 8.42 Å². The van der Waals surface area contributed by atoms with E-state index in [0.717, 1.165) is 7.11 Å². The highest BCUT2D eigenvalue weighted by Crippen LogP contribution is 2.43. The van der Waals surface area contributed by atoms with E-state index in [0.29, 0.717) is 0 Å². The molecule has 1 unspecified atom stereocenters. The van der Waals surface area contributed by atoms with Crippen LogP contribution in [0.5, 0.6) is 0 Å². The molecule has 0 fully saturated rings. The van der Waals surface area contributed by atoms with Crippen LogP contribution in [-0.2, 0) is 23.5 Å². The first-order valence-electron chi connectivity index (χ1n) is 1.84. The third kappa shape index (κ3) is 4.86. The van der Waals surface area contributed by atoms with Crippen molar-refractivity contribution < 1.29 is 30.9 Å². The lowest BCUT2D eigenvalue weighted by Gasteiger charge is -2.03. The average molecular weight is 192 g/mol. The highest BCUT2D eigenvalue weighted by atomic mass is 32.3. The fraction of sp³-hybridized carbons (Fsp3) is 1.00. The zero-order valence-electron chi connectivity index (χ0n) is 4.79. The van der Waals surface area contributed by atoms with Gasteiger partial charge in [-0.1, -0.05) is 0 Å². The number of phosphoric acid groups is 1. The van der Waals surface area contributed by atoms with Crippen LogP contribution in [0.3, 0.4) is 0 Å². The van der Waals surface area contributed by atoms with E-state index in [2.05, 4.69) is 8.49 Å². The average Bonchev–Trinajstić information content (AvgIpc) is 1.60. The van der Waals surface area contributed by atoms with Crippen molar-refractivity contribution in [3.63, 3.8) is 0 Å². The van der Waals surface area contributed by atoms with Crippen LogP contribution < -0.4 is 0 Å². The van der Waals surface area contributed by atoms with Gasteiger partial charge in [0.2, 0.25) is 0 Å². The molecule has 0 aromatic heterocycles. The quantitative estimate of drug-likeness (QED) is 0.460. The summed E-state index contributed by atoms with van der Waals surface area (Å²) in [5, 5.41) is 0. The first-order chi connectivity index (χ1) is 4.27. The Morgan fingerprint density at radius 1 is 1.50 bits per heavy atom. The minimum absolute atomic E-state index is 0.756. The molecule has 0 rings (SSSR count). The van der Waals surface area contributed by atoms with E-state index in [9.17, 15) is 13.0 Å². The third-order valence-corrected chi connectivity index (χ3v) is 2.39. The Hall–Kier alpha value is 0.0200. The molecule has 0 saturated carbocycles. The number of hydrogen-bond donors (Lipinski definition) is 2. The van der Waals surface area contributed by atoms with Gasteiger partial charge < -0.3 is 4.89 Å². The Morgan fingerprint density at radius 3 is 2.00 bits per heavy atom. The van der Waals surface area contributed by atoms with Gasteiger partial charge in [0.15, 0.2) is 0 Å². The molecular weight excluding hydrogens is 187 g/mol. The standard InChI is InChI=1S/CH5O7PS/c1-7-9(2,3)8-10(4,5)6/h1H3,(H,2,3)(H,4,5,6). The zero-order chi connectivity index (χ0) is 8.41. The van der Waals surface area contributed by atoms with Crippen LogP contribution in [0, 0.1) is 0 Å². The molecule has 62 valence electrons. The SMILES string of the molecule is COP(=O)(O)OS(=O)(=O)O. The van der Waals surface area contributed by atoms with E-state index in [1.165, 1.54) is 0 Å². The lowest BCUT2D eigenvalue weighted by Crippen LogP contribution is -2.01. The van der Waals surface area contributed by atoms with Crippen LogP contribution in [0.25, 0.3) is 0 Å². The molecule has 0 radical (unpaired) electrons. The fourth-order valence-corrected chi connectivity index (χ4v) is 1.35. The Kier molecular flexibility index (Phi) is 2.96. The van der Waals surface area contributed by atoms with Crippen LogP contribution in [0.4, 0.5) is 0 Å². The second-order valence-corrected chi connectivity index (χ2v) is 3.91. The van der Waals surface area contributed by atoms with Gasteiger partial charge in [0.1, 0.15) is 0 Å². The molecular formula is CH5O7PS. The molecule has 1 atom stereocenters. The summed E-state index contributed by atoms with van der Waals surface area (Å²) in [6.45, 7) is 0. The van der Waals surface area contributed by atoms with E-state index in [1.54, 1.807) is 0 Å². The van der Waals surface area contributed by atoms with Crippen molar-refractivity contribution in [1.29, 1.82) is 0 Å². The summed E-state index contributed by atoms with van der Waals surface area (Å²) in [5.74, 6) is 0. The Morgan fingerprint density at radius 2 is 1.90 bits per heavy atom. The summed E-state index contributed by atoms with van der Waals surface area (Å²) in [6, 6.07) is 0. The van der Waals surface area contributed by atoms with Crippen LogP contribution in [-0.4, -0.2) is 25.0 Å². The maximum Gasteiger partial charge on any atom is 0.488 e. The Labute approximate surface area is 57.1 Å². The van der Waals surface area contributed by atoms with Crippen molar-refractivity contribution >= 4 is 18.2 Å². The van der Waals surface area contributed by atoms with Crippen LogP contribution in [0.15, 0.2) is 0 Å². The van der Waals surface area contributed by atoms with Crippen molar-refractivity contribution in [2.45, 2.75) is 0 Å². The predicted octanol–water partition coefficient (Wildman–Crippen LogP) is -0.447. The largest absolute Gasteiger partial charge is 0.488 e. The van der Waals surface area contributed by atoms with Crippen LogP contribution in [0.2, 0.25) is 0 Å². The number of phosphoric ester groups is 1. The lowest BCUT2D eigenvalue weighted by molar-refractivity contribution is 0.233. The monoisotopic (exact) mass is 192 g/mol. The molecule has 0 aliphatic carbocycles. The van der Waals surface area contributed by atoms with Crippen molar-refractivity contribution in [3.8, 4) is 0 Å². The Bertz CT molecular complexity index is 238. The molecule has 0 heterocycles. The van der Waals surface area contributed by atoms with Gasteiger partial charge in [0, 0.05) is 7.11 Å². The molecule has 0 amide bonds. The maximum atomic E-state index is 10.2. The van der Waals surface area contributed by atoms with Crippen molar-refractivity contribution in [2.24, 2.45) is 0 Å².